The van der Waals surface area contributed by atoms with Crippen LogP contribution in [0, 0.1) is 0 Å². The van der Waals surface area contributed by atoms with E-state index in [1.54, 1.807) is 18.3 Å². The second-order valence-electron chi connectivity index (χ2n) is 5.43. The molecule has 0 bridgehead atoms. The van der Waals surface area contributed by atoms with Crippen LogP contribution in [0.2, 0.25) is 0 Å². The Kier molecular flexibility index (Phi) is 7.27. The number of pyridine rings is 1. The molecular formula is C16H18BrNO7S. The number of esters is 3. The van der Waals surface area contributed by atoms with Gasteiger partial charge in [0, 0.05) is 38.8 Å². The molecular weight excluding hydrogens is 430 g/mol. The van der Waals surface area contributed by atoms with E-state index >= 15 is 0 Å². The Balaban J connectivity index is 2.27. The molecule has 0 unspecified atom stereocenters. The Labute approximate surface area is 163 Å². The minimum atomic E-state index is -0.975. The molecule has 0 aliphatic carbocycles. The molecule has 8 nitrogen and oxygen atoms in total. The van der Waals surface area contributed by atoms with Crippen LogP contribution in [-0.2, 0) is 28.6 Å². The van der Waals surface area contributed by atoms with E-state index in [9.17, 15) is 14.4 Å². The molecule has 1 aliphatic heterocycles. The van der Waals surface area contributed by atoms with Crippen molar-refractivity contribution in [3.8, 4) is 5.75 Å². The molecule has 0 aromatic carbocycles. The van der Waals surface area contributed by atoms with Crippen LogP contribution in [0.4, 0.5) is 0 Å². The van der Waals surface area contributed by atoms with Crippen molar-refractivity contribution in [2.75, 3.05) is 5.75 Å². The van der Waals surface area contributed by atoms with Crippen LogP contribution >= 0.6 is 27.7 Å². The first kappa shape index (κ1) is 20.5. The standard InChI is InChI=1S/C16H18BrNO7S/c1-8(19)22-12-7-26-16(25-11-4-5-18-13(17)6-11)15(24-10(3)21)14(12)23-9(2)20/h4-6,12,14-16H,7H2,1-3H3/t12-,14+,15-,16-/m1/s1. The number of ether oxygens (including phenoxy) is 4. The van der Waals surface area contributed by atoms with Gasteiger partial charge in [0.05, 0.1) is 0 Å². The molecule has 0 spiro atoms. The van der Waals surface area contributed by atoms with Gasteiger partial charge in [-0.1, -0.05) is 0 Å². The van der Waals surface area contributed by atoms with Gasteiger partial charge in [-0.3, -0.25) is 14.4 Å². The van der Waals surface area contributed by atoms with E-state index in [2.05, 4.69) is 20.9 Å². The number of thioether (sulfide) groups is 1. The highest BCUT2D eigenvalue weighted by Crippen LogP contribution is 2.34. The Bertz CT molecular complexity index is 686. The molecule has 2 rings (SSSR count). The van der Waals surface area contributed by atoms with Gasteiger partial charge in [-0.2, -0.15) is 0 Å². The van der Waals surface area contributed by atoms with Gasteiger partial charge in [-0.15, -0.1) is 11.8 Å². The normalized spacial score (nSPS) is 25.1. The lowest BCUT2D eigenvalue weighted by Gasteiger charge is -2.39. The molecule has 10 heteroatoms. The zero-order valence-corrected chi connectivity index (χ0v) is 16.7. The highest BCUT2D eigenvalue weighted by molar-refractivity contribution is 9.10. The first-order valence-corrected chi connectivity index (χ1v) is 9.52. The first-order chi connectivity index (χ1) is 12.3. The van der Waals surface area contributed by atoms with Crippen LogP contribution in [0.15, 0.2) is 22.9 Å². The Morgan fingerprint density at radius 3 is 2.27 bits per heavy atom. The first-order valence-electron chi connectivity index (χ1n) is 7.67. The van der Waals surface area contributed by atoms with Gasteiger partial charge in [0.1, 0.15) is 10.4 Å². The van der Waals surface area contributed by atoms with Gasteiger partial charge in [0.2, 0.25) is 0 Å². The van der Waals surface area contributed by atoms with Crippen molar-refractivity contribution < 1.29 is 33.3 Å². The number of carbonyl (C=O) groups is 3. The number of aromatic nitrogens is 1. The van der Waals surface area contributed by atoms with E-state index in [4.69, 9.17) is 18.9 Å². The summed E-state index contributed by atoms with van der Waals surface area (Å²) in [6, 6.07) is 3.31. The summed E-state index contributed by atoms with van der Waals surface area (Å²) in [6.07, 6.45) is -1.13. The van der Waals surface area contributed by atoms with E-state index in [1.165, 1.54) is 32.5 Å². The summed E-state index contributed by atoms with van der Waals surface area (Å²) in [5, 5.41) is 0. The molecule has 0 saturated carbocycles. The summed E-state index contributed by atoms with van der Waals surface area (Å²) in [4.78, 5) is 38.5. The number of nitrogens with zero attached hydrogens (tertiary/aromatic N) is 1. The van der Waals surface area contributed by atoms with Crippen LogP contribution in [0.1, 0.15) is 20.8 Å². The molecule has 1 aromatic heterocycles. The summed E-state index contributed by atoms with van der Waals surface area (Å²) in [6.45, 7) is 3.73. The zero-order chi connectivity index (χ0) is 19.3. The second-order valence-corrected chi connectivity index (χ2v) is 7.37. The van der Waals surface area contributed by atoms with E-state index in [0.29, 0.717) is 16.1 Å². The van der Waals surface area contributed by atoms with E-state index < -0.39 is 41.7 Å². The monoisotopic (exact) mass is 447 g/mol. The predicted molar refractivity (Wildman–Crippen MR) is 95.5 cm³/mol. The molecule has 2 heterocycles. The van der Waals surface area contributed by atoms with Gasteiger partial charge in [0.25, 0.3) is 0 Å². The van der Waals surface area contributed by atoms with Crippen molar-refractivity contribution in [1.82, 2.24) is 4.98 Å². The van der Waals surface area contributed by atoms with Gasteiger partial charge < -0.3 is 18.9 Å². The summed E-state index contributed by atoms with van der Waals surface area (Å²) in [5.41, 5.74) is -0.663. The van der Waals surface area contributed by atoms with Crippen molar-refractivity contribution in [2.45, 2.75) is 44.5 Å². The topological polar surface area (TPSA) is 101 Å². The van der Waals surface area contributed by atoms with Crippen LogP contribution in [0.25, 0.3) is 0 Å². The van der Waals surface area contributed by atoms with Crippen molar-refractivity contribution in [3.63, 3.8) is 0 Å². The highest BCUT2D eigenvalue weighted by Gasteiger charge is 2.47. The van der Waals surface area contributed by atoms with Crippen LogP contribution in [0.3, 0.4) is 0 Å². The lowest BCUT2D eigenvalue weighted by Crippen LogP contribution is -2.55. The summed E-state index contributed by atoms with van der Waals surface area (Å²) in [5.74, 6) is -0.866. The van der Waals surface area contributed by atoms with Crippen LogP contribution in [-0.4, -0.2) is 52.4 Å². The predicted octanol–water partition coefficient (Wildman–Crippen LogP) is 2.09. The van der Waals surface area contributed by atoms with Gasteiger partial charge in [-0.25, -0.2) is 4.98 Å². The molecule has 0 radical (unpaired) electrons. The summed E-state index contributed by atoms with van der Waals surface area (Å²) < 4.78 is 22.4. The summed E-state index contributed by atoms with van der Waals surface area (Å²) >= 11 is 4.54. The fraction of sp³-hybridized carbons (Fsp3) is 0.500. The molecule has 1 saturated heterocycles. The SMILES string of the molecule is CC(=O)O[C@@H]1[C@@H](OC(C)=O)[C@H](OC(C)=O)CS[C@H]1Oc1ccnc(Br)c1. The molecule has 1 aliphatic rings. The average Bonchev–Trinajstić information content (AvgIpc) is 2.51. The third-order valence-electron chi connectivity index (χ3n) is 3.25. The minimum absolute atomic E-state index is 0.312. The maximum absolute atomic E-state index is 11.6. The van der Waals surface area contributed by atoms with Crippen molar-refractivity contribution in [2.24, 2.45) is 0 Å². The number of rotatable bonds is 5. The average molecular weight is 448 g/mol. The maximum atomic E-state index is 11.6. The summed E-state index contributed by atoms with van der Waals surface area (Å²) in [7, 11) is 0. The van der Waals surface area contributed by atoms with Gasteiger partial charge in [-0.05, 0) is 22.0 Å². The van der Waals surface area contributed by atoms with Gasteiger partial charge >= 0.3 is 17.9 Å². The minimum Gasteiger partial charge on any atom is -0.476 e. The van der Waals surface area contributed by atoms with E-state index in [0.717, 1.165) is 0 Å². The Hall–Kier alpha value is -1.81. The molecule has 0 amide bonds. The molecule has 0 N–H and O–H groups in total. The van der Waals surface area contributed by atoms with Crippen molar-refractivity contribution in [3.05, 3.63) is 22.9 Å². The third-order valence-corrected chi connectivity index (χ3v) is 4.90. The highest BCUT2D eigenvalue weighted by atomic mass is 79.9. The molecule has 26 heavy (non-hydrogen) atoms. The second kappa shape index (κ2) is 9.22. The van der Waals surface area contributed by atoms with Crippen molar-refractivity contribution >= 4 is 45.6 Å². The lowest BCUT2D eigenvalue weighted by atomic mass is 10.1. The quantitative estimate of drug-likeness (QED) is 0.381. The molecule has 1 aromatic rings. The van der Waals surface area contributed by atoms with Crippen LogP contribution in [0.5, 0.6) is 5.75 Å². The van der Waals surface area contributed by atoms with E-state index in [1.807, 2.05) is 0 Å². The molecule has 1 fully saturated rings. The zero-order valence-electron chi connectivity index (χ0n) is 14.3. The lowest BCUT2D eigenvalue weighted by molar-refractivity contribution is -0.186. The molecule has 142 valence electrons. The van der Waals surface area contributed by atoms with Crippen molar-refractivity contribution in [1.29, 1.82) is 0 Å². The number of hydrogen-bond acceptors (Lipinski definition) is 9. The number of hydrogen-bond donors (Lipinski definition) is 0. The fourth-order valence-electron chi connectivity index (χ4n) is 2.40. The smallest absolute Gasteiger partial charge is 0.303 e. The van der Waals surface area contributed by atoms with E-state index in [-0.39, 0.29) is 0 Å². The number of carbonyl (C=O) groups excluding carboxylic acids is 3. The Morgan fingerprint density at radius 2 is 1.69 bits per heavy atom. The third kappa shape index (κ3) is 5.87. The van der Waals surface area contributed by atoms with Crippen LogP contribution < -0.4 is 4.74 Å². The largest absolute Gasteiger partial charge is 0.476 e. The fourth-order valence-corrected chi connectivity index (χ4v) is 3.96. The maximum Gasteiger partial charge on any atom is 0.303 e. The van der Waals surface area contributed by atoms with Gasteiger partial charge in [0.15, 0.2) is 23.7 Å². The molecule has 4 atom stereocenters. The number of halogens is 1. The Morgan fingerprint density at radius 1 is 1.08 bits per heavy atom.